The molecule has 0 aliphatic carbocycles. The maximum Gasteiger partial charge on any atom is 0.258 e. The van der Waals surface area contributed by atoms with Gasteiger partial charge >= 0.3 is 0 Å². The summed E-state index contributed by atoms with van der Waals surface area (Å²) in [5.41, 5.74) is 17.5. The first-order valence-corrected chi connectivity index (χ1v) is 16.6. The van der Waals surface area contributed by atoms with Crippen LogP contribution in [0.25, 0.3) is 22.3 Å². The van der Waals surface area contributed by atoms with Crippen LogP contribution in [-0.2, 0) is 0 Å². The van der Waals surface area contributed by atoms with Crippen molar-refractivity contribution < 1.29 is 4.74 Å². The third-order valence-electron chi connectivity index (χ3n) is 12.4. The van der Waals surface area contributed by atoms with Gasteiger partial charge < -0.3 is 29.2 Å². The highest BCUT2D eigenvalue weighted by Crippen LogP contribution is 2.55. The van der Waals surface area contributed by atoms with Gasteiger partial charge in [-0.05, 0) is 109 Å². The van der Waals surface area contributed by atoms with E-state index in [-0.39, 0.29) is 18.0 Å². The number of hydrogen-bond donors (Lipinski definition) is 0. The zero-order valence-electron chi connectivity index (χ0n) is 28.3. The van der Waals surface area contributed by atoms with Gasteiger partial charge in [0.15, 0.2) is 0 Å². The molecule has 0 amide bonds. The molecular formula is C40H38BN5O. The van der Waals surface area contributed by atoms with E-state index in [1.165, 1.54) is 72.8 Å². The Balaban J connectivity index is 1.17. The van der Waals surface area contributed by atoms with E-state index in [0.29, 0.717) is 0 Å². The minimum atomic E-state index is -0.159. The lowest BCUT2D eigenvalue weighted by Crippen LogP contribution is -2.57. The normalized spacial score (nSPS) is 18.0. The molecule has 0 unspecified atom stereocenters. The summed E-state index contributed by atoms with van der Waals surface area (Å²) in [5, 5.41) is 0. The number of nitrogens with zero attached hydrogens (tertiary/aromatic N) is 5. The first-order valence-electron chi connectivity index (χ1n) is 16.6. The SMILES string of the molecule is CN1c2ccc(-c3ccc(N4c5cccc6c5B5c7c(cccc7-c7c5c4cc4c7N(C)C(C)(C)N4C)O6)cc3)cc2N(C)C1(C)C. The molecule has 0 spiro atoms. The molecule has 10 rings (SSSR count). The molecule has 232 valence electrons. The molecule has 5 aliphatic rings. The van der Waals surface area contributed by atoms with E-state index in [9.17, 15) is 0 Å². The van der Waals surface area contributed by atoms with Crippen LogP contribution < -0.4 is 45.6 Å². The third-order valence-corrected chi connectivity index (χ3v) is 12.4. The molecule has 5 heterocycles. The first-order chi connectivity index (χ1) is 22.5. The van der Waals surface area contributed by atoms with Gasteiger partial charge in [0.2, 0.25) is 0 Å². The fourth-order valence-electron chi connectivity index (χ4n) is 8.89. The van der Waals surface area contributed by atoms with Gasteiger partial charge in [0.1, 0.15) is 22.8 Å². The highest BCUT2D eigenvalue weighted by molar-refractivity contribution is 7.03. The lowest BCUT2D eigenvalue weighted by atomic mass is 9.36. The number of ether oxygens (including phenoxy) is 1. The molecule has 0 radical (unpaired) electrons. The summed E-state index contributed by atoms with van der Waals surface area (Å²) in [7, 11) is 8.84. The van der Waals surface area contributed by atoms with Gasteiger partial charge in [-0.25, -0.2) is 0 Å². The van der Waals surface area contributed by atoms with Crippen molar-refractivity contribution in [2.45, 2.75) is 39.0 Å². The van der Waals surface area contributed by atoms with Crippen molar-refractivity contribution in [1.82, 2.24) is 0 Å². The summed E-state index contributed by atoms with van der Waals surface area (Å²) < 4.78 is 6.69. The molecule has 47 heavy (non-hydrogen) atoms. The number of rotatable bonds is 2. The second-order valence-corrected chi connectivity index (χ2v) is 14.8. The molecule has 0 fully saturated rings. The molecule has 0 saturated heterocycles. The van der Waals surface area contributed by atoms with Crippen LogP contribution in [0.2, 0.25) is 0 Å². The van der Waals surface area contributed by atoms with Crippen LogP contribution in [0.5, 0.6) is 11.5 Å². The van der Waals surface area contributed by atoms with Crippen molar-refractivity contribution in [1.29, 1.82) is 0 Å². The Morgan fingerprint density at radius 3 is 1.94 bits per heavy atom. The van der Waals surface area contributed by atoms with Crippen molar-refractivity contribution in [3.63, 3.8) is 0 Å². The number of hydrogen-bond acceptors (Lipinski definition) is 6. The second-order valence-electron chi connectivity index (χ2n) is 14.8. The van der Waals surface area contributed by atoms with Crippen LogP contribution in [0.3, 0.4) is 0 Å². The van der Waals surface area contributed by atoms with Crippen molar-refractivity contribution in [2.75, 3.05) is 52.7 Å². The van der Waals surface area contributed by atoms with Crippen LogP contribution in [0.15, 0.2) is 84.9 Å². The zero-order valence-corrected chi connectivity index (χ0v) is 28.3. The lowest BCUT2D eigenvalue weighted by molar-refractivity contribution is 0.488. The van der Waals surface area contributed by atoms with Crippen LogP contribution in [0.4, 0.5) is 39.8 Å². The quantitative estimate of drug-likeness (QED) is 0.195. The number of fused-ring (bicyclic) bond motifs is 4. The largest absolute Gasteiger partial charge is 0.458 e. The van der Waals surface area contributed by atoms with Crippen molar-refractivity contribution in [3.05, 3.63) is 84.9 Å². The predicted octanol–water partition coefficient (Wildman–Crippen LogP) is 6.98. The Morgan fingerprint density at radius 2 is 1.17 bits per heavy atom. The maximum absolute atomic E-state index is 6.69. The summed E-state index contributed by atoms with van der Waals surface area (Å²) in [6.07, 6.45) is 0. The fourth-order valence-corrected chi connectivity index (χ4v) is 8.89. The molecule has 0 saturated carbocycles. The molecule has 5 aromatic rings. The molecule has 0 N–H and O–H groups in total. The van der Waals surface area contributed by atoms with E-state index in [1.54, 1.807) is 0 Å². The maximum atomic E-state index is 6.69. The Hall–Kier alpha value is -5.04. The molecule has 0 aromatic heterocycles. The lowest BCUT2D eigenvalue weighted by Gasteiger charge is -2.38. The van der Waals surface area contributed by atoms with Gasteiger partial charge in [-0.1, -0.05) is 36.4 Å². The van der Waals surface area contributed by atoms with E-state index in [1.807, 2.05) is 0 Å². The Morgan fingerprint density at radius 1 is 0.532 bits per heavy atom. The van der Waals surface area contributed by atoms with Crippen LogP contribution in [0.1, 0.15) is 27.7 Å². The standard InChI is InChI=1S/C40H38BN5O/c1-39(2)42(5)27-20-17-24(21-29(27)43(39)6)23-15-18-25(19-16-23)46-28-12-10-14-33-36(28)41-35-26(11-9-13-32(35)47-33)34-37(41)30(46)22-31-38(34)45(8)40(3,4)44(31)7/h9-22H,1-8H3. The topological polar surface area (TPSA) is 25.4 Å². The molecule has 6 nitrogen and oxygen atoms in total. The smallest absolute Gasteiger partial charge is 0.258 e. The molecule has 0 bridgehead atoms. The third kappa shape index (κ3) is 3.09. The highest BCUT2D eigenvalue weighted by Gasteiger charge is 2.52. The first kappa shape index (κ1) is 27.1. The van der Waals surface area contributed by atoms with Gasteiger partial charge in [0, 0.05) is 50.8 Å². The Kier molecular flexibility index (Phi) is 4.88. The number of anilines is 7. The summed E-state index contributed by atoms with van der Waals surface area (Å²) in [6, 6.07) is 31.6. The molecule has 5 aromatic carbocycles. The molecular weight excluding hydrogens is 577 g/mol. The number of benzene rings is 5. The van der Waals surface area contributed by atoms with Crippen LogP contribution >= 0.6 is 0 Å². The van der Waals surface area contributed by atoms with E-state index in [2.05, 4.69) is 165 Å². The molecule has 7 heteroatoms. The Labute approximate surface area is 277 Å². The van der Waals surface area contributed by atoms with Crippen molar-refractivity contribution in [2.24, 2.45) is 0 Å². The van der Waals surface area contributed by atoms with E-state index in [0.717, 1.165) is 17.2 Å². The predicted molar refractivity (Wildman–Crippen MR) is 198 cm³/mol. The minimum absolute atomic E-state index is 0.0654. The van der Waals surface area contributed by atoms with Gasteiger partial charge in [0.05, 0.1) is 22.7 Å². The van der Waals surface area contributed by atoms with Crippen molar-refractivity contribution in [3.8, 4) is 33.8 Å². The van der Waals surface area contributed by atoms with Crippen LogP contribution in [0, 0.1) is 0 Å². The van der Waals surface area contributed by atoms with E-state index in [4.69, 9.17) is 4.74 Å². The highest BCUT2D eigenvalue weighted by atomic mass is 16.5. The minimum Gasteiger partial charge on any atom is -0.458 e. The molecule has 5 aliphatic heterocycles. The monoisotopic (exact) mass is 615 g/mol. The van der Waals surface area contributed by atoms with Crippen LogP contribution in [-0.4, -0.2) is 46.2 Å². The van der Waals surface area contributed by atoms with Gasteiger partial charge in [-0.15, -0.1) is 0 Å². The molecule has 0 atom stereocenters. The summed E-state index contributed by atoms with van der Waals surface area (Å²) in [5.74, 6) is 1.94. The van der Waals surface area contributed by atoms with Crippen molar-refractivity contribution >= 4 is 62.9 Å². The van der Waals surface area contributed by atoms with E-state index < -0.39 is 0 Å². The summed E-state index contributed by atoms with van der Waals surface area (Å²) in [4.78, 5) is 12.1. The van der Waals surface area contributed by atoms with E-state index >= 15 is 0 Å². The van der Waals surface area contributed by atoms with Gasteiger partial charge in [-0.2, -0.15) is 0 Å². The average Bonchev–Trinajstić information content (AvgIpc) is 3.57. The Bertz CT molecular complexity index is 2220. The summed E-state index contributed by atoms with van der Waals surface area (Å²) in [6.45, 7) is 9.30. The average molecular weight is 616 g/mol. The fraction of sp³-hybridized carbons (Fsp3) is 0.250. The van der Waals surface area contributed by atoms with Gasteiger partial charge in [-0.3, -0.25) is 0 Å². The summed E-state index contributed by atoms with van der Waals surface area (Å²) >= 11 is 0. The zero-order chi connectivity index (χ0) is 32.3. The van der Waals surface area contributed by atoms with Gasteiger partial charge in [0.25, 0.3) is 6.71 Å². The second kappa shape index (κ2) is 8.46.